The smallest absolute Gasteiger partial charge is 0.369 e. The molecule has 3 heterocycles. The highest BCUT2D eigenvalue weighted by atomic mass is 16.5. The number of nitrogen functional groups attached to an aromatic ring is 2. The molecule has 41 heavy (non-hydrogen) atoms. The molecule has 200 valence electrons. The van der Waals surface area contributed by atoms with Gasteiger partial charge in [-0.25, -0.2) is 4.98 Å². The van der Waals surface area contributed by atoms with E-state index in [2.05, 4.69) is 30.2 Å². The van der Waals surface area contributed by atoms with Crippen molar-refractivity contribution in [1.82, 2.24) is 19.9 Å². The highest BCUT2D eigenvalue weighted by Gasteiger charge is 2.31. The molecule has 0 aliphatic heterocycles. The zero-order valence-corrected chi connectivity index (χ0v) is 21.1. The Kier molecular flexibility index (Phi) is 6.13. The first kappa shape index (κ1) is 24.9. The van der Waals surface area contributed by atoms with Crippen molar-refractivity contribution in [3.63, 3.8) is 0 Å². The second kappa shape index (κ2) is 10.1. The molecule has 0 fully saturated rings. The maximum atomic E-state index is 13.3. The first-order valence-electron chi connectivity index (χ1n) is 12.1. The molecule has 0 radical (unpaired) electrons. The van der Waals surface area contributed by atoms with Crippen LogP contribution in [-0.2, 0) is 6.61 Å². The van der Waals surface area contributed by atoms with Crippen LogP contribution in [0.15, 0.2) is 83.3 Å². The van der Waals surface area contributed by atoms with Crippen LogP contribution in [0.2, 0.25) is 0 Å². The number of benzene rings is 3. The van der Waals surface area contributed by atoms with E-state index in [9.17, 15) is 15.7 Å². The molecule has 0 bridgehead atoms. The van der Waals surface area contributed by atoms with Gasteiger partial charge in [-0.15, -0.1) is 4.73 Å². The highest BCUT2D eigenvalue weighted by molar-refractivity contribution is 5.79. The summed E-state index contributed by atoms with van der Waals surface area (Å²) in [7, 11) is 0. The third-order valence-electron chi connectivity index (χ3n) is 6.18. The monoisotopic (exact) mass is 545 g/mol. The number of hydrogen-bond donors (Lipinski definition) is 3. The normalized spacial score (nSPS) is 11.3. The van der Waals surface area contributed by atoms with Crippen molar-refractivity contribution in [3.8, 4) is 23.2 Å². The number of H-pyrrole nitrogens is 1. The van der Waals surface area contributed by atoms with Gasteiger partial charge in [-0.3, -0.25) is 0 Å². The number of nitrogens with one attached hydrogen (secondary N) is 1. The van der Waals surface area contributed by atoms with Crippen LogP contribution in [0.25, 0.3) is 33.5 Å². The van der Waals surface area contributed by atoms with Gasteiger partial charge < -0.3 is 31.6 Å². The lowest BCUT2D eigenvalue weighted by atomic mass is 10.1. The number of hydrogen-bond acceptors (Lipinski definition) is 11. The van der Waals surface area contributed by atoms with Crippen LogP contribution in [0.4, 0.5) is 23.0 Å². The van der Waals surface area contributed by atoms with E-state index in [0.29, 0.717) is 32.0 Å². The molecule has 5 N–H and O–H groups in total. The molecule has 0 spiro atoms. The van der Waals surface area contributed by atoms with Crippen molar-refractivity contribution in [2.75, 3.05) is 11.5 Å². The molecule has 6 aromatic rings. The third-order valence-corrected chi connectivity index (χ3v) is 6.18. The number of rotatable bonds is 6. The minimum atomic E-state index is -0.384. The van der Waals surface area contributed by atoms with Crippen LogP contribution in [0.3, 0.4) is 0 Å². The zero-order chi connectivity index (χ0) is 28.5. The molecule has 14 nitrogen and oxygen atoms in total. The number of azo groups is 1. The fraction of sp³-hybridized carbons (Fsp3) is 0.0370. The van der Waals surface area contributed by atoms with E-state index < -0.39 is 0 Å². The largest absolute Gasteiger partial charge is 0.617 e. The number of para-hydroxylation sites is 2. The second-order valence-corrected chi connectivity index (χ2v) is 8.80. The molecule has 3 aromatic heterocycles. The molecule has 0 saturated heterocycles. The van der Waals surface area contributed by atoms with E-state index in [1.54, 1.807) is 36.4 Å². The summed E-state index contributed by atoms with van der Waals surface area (Å²) in [4.78, 5) is 15.2. The topological polar surface area (TPSA) is 218 Å². The van der Waals surface area contributed by atoms with Gasteiger partial charge in [0.1, 0.15) is 6.61 Å². The number of nitrogens with two attached hydrogens (primary N) is 2. The van der Waals surface area contributed by atoms with Gasteiger partial charge in [-0.1, -0.05) is 24.3 Å². The lowest BCUT2D eigenvalue weighted by molar-refractivity contribution is -0.622. The van der Waals surface area contributed by atoms with Crippen LogP contribution >= 0.6 is 0 Å². The molecule has 6 rings (SSSR count). The molecule has 0 atom stereocenters. The summed E-state index contributed by atoms with van der Waals surface area (Å²) in [6, 6.07) is 19.8. The van der Waals surface area contributed by atoms with Crippen molar-refractivity contribution in [3.05, 3.63) is 94.7 Å². The molecule has 0 aliphatic rings. The van der Waals surface area contributed by atoms with E-state index in [-0.39, 0.29) is 52.1 Å². The van der Waals surface area contributed by atoms with Gasteiger partial charge in [-0.05, 0) is 35.9 Å². The summed E-state index contributed by atoms with van der Waals surface area (Å²) in [5.74, 6) is 0.302. The van der Waals surface area contributed by atoms with Gasteiger partial charge in [-0.2, -0.15) is 30.2 Å². The van der Waals surface area contributed by atoms with Crippen LogP contribution < -0.4 is 25.7 Å². The molecule has 0 amide bonds. The average Bonchev–Trinajstić information content (AvgIpc) is 3.46. The fourth-order valence-electron chi connectivity index (χ4n) is 4.29. The molecule has 0 unspecified atom stereocenters. The fourth-order valence-corrected chi connectivity index (χ4v) is 4.29. The number of anilines is 2. The summed E-state index contributed by atoms with van der Waals surface area (Å²) < 4.78 is 6.78. The maximum absolute atomic E-state index is 13.3. The Labute approximate surface area is 231 Å². The standard InChI is InChI=1S/C27H19N11O3/c28-12-22-24(38(40)21-7-2-1-6-20(21)37(22)39)18-11-17(8-9-19(18)29)36-35-16-5-3-4-15(10-16)13-41-26-23-25(32-14-31-23)33-27(30)34-26/h1-11,14H,13,29H2,(H3,30,31,32,33,34). The number of nitriles is 1. The molecule has 14 heteroatoms. The Balaban J connectivity index is 1.29. The Morgan fingerprint density at radius 1 is 0.927 bits per heavy atom. The summed E-state index contributed by atoms with van der Waals surface area (Å²) in [6.45, 7) is 0.158. The zero-order valence-electron chi connectivity index (χ0n) is 21.1. The van der Waals surface area contributed by atoms with E-state index in [1.807, 2.05) is 12.1 Å². The average molecular weight is 546 g/mol. The van der Waals surface area contributed by atoms with Crippen LogP contribution in [-0.4, -0.2) is 19.9 Å². The number of imidazole rings is 1. The predicted octanol–water partition coefficient (Wildman–Crippen LogP) is 3.47. The Bertz CT molecular complexity index is 2030. The Morgan fingerprint density at radius 3 is 2.46 bits per heavy atom. The van der Waals surface area contributed by atoms with Crippen molar-refractivity contribution < 1.29 is 14.2 Å². The third kappa shape index (κ3) is 4.59. The molecular formula is C27H19N11O3. The van der Waals surface area contributed by atoms with Crippen molar-refractivity contribution in [2.24, 2.45) is 10.2 Å². The summed E-state index contributed by atoms with van der Waals surface area (Å²) in [5, 5.41) is 44.4. The van der Waals surface area contributed by atoms with Crippen molar-refractivity contribution in [1.29, 1.82) is 5.26 Å². The van der Waals surface area contributed by atoms with E-state index in [4.69, 9.17) is 16.2 Å². The lowest BCUT2D eigenvalue weighted by Crippen LogP contribution is -2.43. The van der Waals surface area contributed by atoms with E-state index >= 15 is 0 Å². The van der Waals surface area contributed by atoms with E-state index in [1.165, 1.54) is 30.6 Å². The van der Waals surface area contributed by atoms with Crippen LogP contribution in [0, 0.1) is 21.7 Å². The van der Waals surface area contributed by atoms with E-state index in [0.717, 1.165) is 5.56 Å². The van der Waals surface area contributed by atoms with Crippen LogP contribution in [0.5, 0.6) is 5.88 Å². The first-order valence-corrected chi connectivity index (χ1v) is 12.1. The summed E-state index contributed by atoms with van der Waals surface area (Å²) in [6.07, 6.45) is 1.48. The number of nitrogens with zero attached hydrogens (tertiary/aromatic N) is 8. The van der Waals surface area contributed by atoms with Gasteiger partial charge in [0.2, 0.25) is 11.8 Å². The SMILES string of the molecule is N#Cc1c(-c2cc(N=Nc3cccc(COc4nc(N)nc5[nH]cnc45)c3)ccc2N)[n+]([O-])c2ccccc2[n+]1[O-]. The molecular weight excluding hydrogens is 526 g/mol. The second-order valence-electron chi connectivity index (χ2n) is 8.80. The Hall–Kier alpha value is -6.36. The molecule has 0 saturated carbocycles. The number of aromatic amines is 1. The Morgan fingerprint density at radius 2 is 1.68 bits per heavy atom. The summed E-state index contributed by atoms with van der Waals surface area (Å²) >= 11 is 0. The van der Waals surface area contributed by atoms with Crippen molar-refractivity contribution >= 4 is 45.2 Å². The highest BCUT2D eigenvalue weighted by Crippen LogP contribution is 2.31. The maximum Gasteiger partial charge on any atom is 0.369 e. The first-order chi connectivity index (χ1) is 19.9. The minimum absolute atomic E-state index is 0.0558. The van der Waals surface area contributed by atoms with Gasteiger partial charge in [0.25, 0.3) is 11.0 Å². The van der Waals surface area contributed by atoms with Gasteiger partial charge in [0, 0.05) is 17.8 Å². The van der Waals surface area contributed by atoms with Gasteiger partial charge >= 0.3 is 11.4 Å². The minimum Gasteiger partial charge on any atom is -0.617 e. The lowest BCUT2D eigenvalue weighted by Gasteiger charge is -2.11. The predicted molar refractivity (Wildman–Crippen MR) is 147 cm³/mol. The van der Waals surface area contributed by atoms with Crippen molar-refractivity contribution in [2.45, 2.75) is 6.61 Å². The number of ether oxygens (including phenoxy) is 1. The molecule has 0 aliphatic carbocycles. The quantitative estimate of drug-likeness (QED) is 0.120. The van der Waals surface area contributed by atoms with Gasteiger partial charge in [0.05, 0.1) is 23.3 Å². The summed E-state index contributed by atoms with van der Waals surface area (Å²) in [5.41, 5.74) is 14.5. The molecule has 3 aromatic carbocycles. The van der Waals surface area contributed by atoms with Crippen LogP contribution in [0.1, 0.15) is 11.3 Å². The number of fused-ring (bicyclic) bond motifs is 2. The van der Waals surface area contributed by atoms with Gasteiger partial charge in [0.15, 0.2) is 17.2 Å². The number of aromatic nitrogens is 6.